The number of hydrogen-bond donors (Lipinski definition) is 2. The molecule has 1 heterocycles. The molecular formula is C10H19NO3. The zero-order valence-corrected chi connectivity index (χ0v) is 8.82. The third-order valence-electron chi connectivity index (χ3n) is 2.67. The number of ether oxygens (including phenoxy) is 1. The van der Waals surface area contributed by atoms with Crippen LogP contribution in [0.25, 0.3) is 0 Å². The molecule has 14 heavy (non-hydrogen) atoms. The van der Waals surface area contributed by atoms with Crippen molar-refractivity contribution in [2.24, 2.45) is 0 Å². The highest BCUT2D eigenvalue weighted by molar-refractivity contribution is 5.66. The first-order chi connectivity index (χ1) is 6.59. The minimum absolute atomic E-state index is 0.232. The molecule has 0 amide bonds. The number of hydrogen-bond acceptors (Lipinski definition) is 3. The topological polar surface area (TPSA) is 58.6 Å². The Labute approximate surface area is 84.6 Å². The first kappa shape index (κ1) is 11.5. The van der Waals surface area contributed by atoms with Gasteiger partial charge in [0.15, 0.2) is 0 Å². The average Bonchev–Trinajstić information content (AvgIpc) is 2.49. The van der Waals surface area contributed by atoms with E-state index in [0.717, 1.165) is 13.0 Å². The van der Waals surface area contributed by atoms with Crippen LogP contribution < -0.4 is 5.32 Å². The minimum Gasteiger partial charge on any atom is -0.481 e. The van der Waals surface area contributed by atoms with Gasteiger partial charge in [-0.25, -0.2) is 0 Å². The maximum atomic E-state index is 10.4. The van der Waals surface area contributed by atoms with Crippen LogP contribution in [0.15, 0.2) is 0 Å². The van der Waals surface area contributed by atoms with Crippen molar-refractivity contribution in [1.82, 2.24) is 5.32 Å². The maximum absolute atomic E-state index is 10.4. The van der Waals surface area contributed by atoms with Gasteiger partial charge < -0.3 is 15.2 Å². The highest BCUT2D eigenvalue weighted by atomic mass is 16.5. The third kappa shape index (κ3) is 3.64. The summed E-state index contributed by atoms with van der Waals surface area (Å²) in [6.07, 6.45) is 2.19. The van der Waals surface area contributed by atoms with Gasteiger partial charge in [0.05, 0.1) is 6.10 Å². The molecule has 0 saturated carbocycles. The second kappa shape index (κ2) is 5.32. The second-order valence-electron chi connectivity index (χ2n) is 3.97. The third-order valence-corrected chi connectivity index (χ3v) is 2.67. The lowest BCUT2D eigenvalue weighted by atomic mass is 10.1. The maximum Gasteiger partial charge on any atom is 0.303 e. The first-order valence-corrected chi connectivity index (χ1v) is 5.19. The van der Waals surface area contributed by atoms with Crippen molar-refractivity contribution in [2.45, 2.75) is 51.3 Å². The number of carbonyl (C=O) groups is 1. The Hall–Kier alpha value is -0.610. The fourth-order valence-corrected chi connectivity index (χ4v) is 1.74. The van der Waals surface area contributed by atoms with Gasteiger partial charge in [0, 0.05) is 25.1 Å². The highest BCUT2D eigenvalue weighted by Crippen LogP contribution is 2.14. The van der Waals surface area contributed by atoms with Gasteiger partial charge in [-0.2, -0.15) is 0 Å². The second-order valence-corrected chi connectivity index (χ2v) is 3.97. The molecule has 0 aromatic carbocycles. The molecule has 1 aliphatic heterocycles. The SMILES string of the molecule is CC(CCC(=O)O)NC1CCOC1C. The summed E-state index contributed by atoms with van der Waals surface area (Å²) in [5.41, 5.74) is 0. The summed E-state index contributed by atoms with van der Waals surface area (Å²) in [7, 11) is 0. The summed E-state index contributed by atoms with van der Waals surface area (Å²) < 4.78 is 5.41. The van der Waals surface area contributed by atoms with Crippen LogP contribution in [0.1, 0.15) is 33.1 Å². The molecule has 1 saturated heterocycles. The molecule has 3 atom stereocenters. The lowest BCUT2D eigenvalue weighted by Crippen LogP contribution is -2.40. The van der Waals surface area contributed by atoms with Gasteiger partial charge in [0.2, 0.25) is 0 Å². The molecule has 1 aliphatic rings. The summed E-state index contributed by atoms with van der Waals surface area (Å²) in [4.78, 5) is 10.4. The first-order valence-electron chi connectivity index (χ1n) is 5.19. The van der Waals surface area contributed by atoms with Gasteiger partial charge in [-0.3, -0.25) is 4.79 Å². The Kier molecular flexibility index (Phi) is 4.35. The number of carboxylic acids is 1. The minimum atomic E-state index is -0.727. The van der Waals surface area contributed by atoms with Crippen LogP contribution in [0.4, 0.5) is 0 Å². The van der Waals surface area contributed by atoms with E-state index < -0.39 is 5.97 Å². The van der Waals surface area contributed by atoms with Crippen LogP contribution in [0.2, 0.25) is 0 Å². The van der Waals surface area contributed by atoms with Gasteiger partial charge in [-0.1, -0.05) is 0 Å². The van der Waals surface area contributed by atoms with Gasteiger partial charge in [-0.05, 0) is 26.7 Å². The molecule has 2 N–H and O–H groups in total. The fourth-order valence-electron chi connectivity index (χ4n) is 1.74. The van der Waals surface area contributed by atoms with Crippen LogP contribution in [0.5, 0.6) is 0 Å². The van der Waals surface area contributed by atoms with E-state index in [1.807, 2.05) is 6.92 Å². The van der Waals surface area contributed by atoms with E-state index in [-0.39, 0.29) is 18.6 Å². The molecule has 4 heteroatoms. The van der Waals surface area contributed by atoms with E-state index in [0.29, 0.717) is 12.5 Å². The van der Waals surface area contributed by atoms with Crippen LogP contribution in [-0.2, 0) is 9.53 Å². The van der Waals surface area contributed by atoms with Crippen molar-refractivity contribution in [3.8, 4) is 0 Å². The van der Waals surface area contributed by atoms with Crippen LogP contribution in [0.3, 0.4) is 0 Å². The molecule has 0 aromatic rings. The van der Waals surface area contributed by atoms with Crippen LogP contribution in [-0.4, -0.2) is 35.9 Å². The lowest BCUT2D eigenvalue weighted by molar-refractivity contribution is -0.137. The standard InChI is InChI=1S/C10H19NO3/c1-7(3-4-10(12)13)11-9-5-6-14-8(9)2/h7-9,11H,3-6H2,1-2H3,(H,12,13). The summed E-state index contributed by atoms with van der Waals surface area (Å²) >= 11 is 0. The number of aliphatic carboxylic acids is 1. The van der Waals surface area contributed by atoms with Gasteiger partial charge in [-0.15, -0.1) is 0 Å². The van der Waals surface area contributed by atoms with Crippen molar-refractivity contribution in [3.63, 3.8) is 0 Å². The number of nitrogens with one attached hydrogen (secondary N) is 1. The summed E-state index contributed by atoms with van der Waals surface area (Å²) in [6.45, 7) is 4.88. The summed E-state index contributed by atoms with van der Waals surface area (Å²) in [5.74, 6) is -0.727. The lowest BCUT2D eigenvalue weighted by Gasteiger charge is -2.21. The molecule has 0 radical (unpaired) electrons. The van der Waals surface area contributed by atoms with Crippen molar-refractivity contribution in [2.75, 3.05) is 6.61 Å². The molecule has 0 spiro atoms. The van der Waals surface area contributed by atoms with E-state index in [2.05, 4.69) is 12.2 Å². The molecule has 0 aromatic heterocycles. The van der Waals surface area contributed by atoms with E-state index in [1.54, 1.807) is 0 Å². The quantitative estimate of drug-likeness (QED) is 0.697. The van der Waals surface area contributed by atoms with Crippen LogP contribution in [0, 0.1) is 0 Å². The molecule has 1 fully saturated rings. The predicted octanol–water partition coefficient (Wildman–Crippen LogP) is 1.01. The highest BCUT2D eigenvalue weighted by Gasteiger charge is 2.24. The van der Waals surface area contributed by atoms with Crippen molar-refractivity contribution in [1.29, 1.82) is 0 Å². The van der Waals surface area contributed by atoms with Gasteiger partial charge >= 0.3 is 5.97 Å². The normalized spacial score (nSPS) is 29.0. The Bertz CT molecular complexity index is 196. The molecule has 4 nitrogen and oxygen atoms in total. The summed E-state index contributed by atoms with van der Waals surface area (Å²) in [5, 5.41) is 11.9. The van der Waals surface area contributed by atoms with Gasteiger partial charge in [0.1, 0.15) is 0 Å². The zero-order valence-electron chi connectivity index (χ0n) is 8.82. The number of rotatable bonds is 5. The molecule has 0 bridgehead atoms. The Morgan fingerprint density at radius 1 is 1.71 bits per heavy atom. The fraction of sp³-hybridized carbons (Fsp3) is 0.900. The Balaban J connectivity index is 2.19. The molecule has 3 unspecified atom stereocenters. The van der Waals surface area contributed by atoms with Crippen LogP contribution >= 0.6 is 0 Å². The van der Waals surface area contributed by atoms with E-state index in [1.165, 1.54) is 0 Å². The number of carboxylic acid groups (broad SMARTS) is 1. The largest absolute Gasteiger partial charge is 0.481 e. The molecular weight excluding hydrogens is 182 g/mol. The molecule has 1 rings (SSSR count). The Morgan fingerprint density at radius 2 is 2.43 bits per heavy atom. The van der Waals surface area contributed by atoms with E-state index in [4.69, 9.17) is 9.84 Å². The Morgan fingerprint density at radius 3 is 2.93 bits per heavy atom. The predicted molar refractivity (Wildman–Crippen MR) is 53.3 cm³/mol. The molecule has 82 valence electrons. The average molecular weight is 201 g/mol. The summed E-state index contributed by atoms with van der Waals surface area (Å²) in [6, 6.07) is 0.638. The molecule has 0 aliphatic carbocycles. The van der Waals surface area contributed by atoms with Gasteiger partial charge in [0.25, 0.3) is 0 Å². The van der Waals surface area contributed by atoms with E-state index in [9.17, 15) is 4.79 Å². The van der Waals surface area contributed by atoms with Crippen molar-refractivity contribution in [3.05, 3.63) is 0 Å². The monoisotopic (exact) mass is 201 g/mol. The van der Waals surface area contributed by atoms with E-state index >= 15 is 0 Å². The smallest absolute Gasteiger partial charge is 0.303 e. The zero-order chi connectivity index (χ0) is 10.6. The van der Waals surface area contributed by atoms with Crippen molar-refractivity contribution < 1.29 is 14.6 Å². The van der Waals surface area contributed by atoms with Crippen molar-refractivity contribution >= 4 is 5.97 Å².